The van der Waals surface area contributed by atoms with Crippen molar-refractivity contribution in [1.82, 2.24) is 15.2 Å². The first kappa shape index (κ1) is 19.2. The summed E-state index contributed by atoms with van der Waals surface area (Å²) in [5, 5.41) is 26.4. The minimum Gasteiger partial charge on any atom is -0.505 e. The van der Waals surface area contributed by atoms with Gasteiger partial charge in [-0.15, -0.1) is 0 Å². The number of carbonyl (C=O) groups excluding carboxylic acids is 2. The summed E-state index contributed by atoms with van der Waals surface area (Å²) in [6.07, 6.45) is 1.65. The van der Waals surface area contributed by atoms with Crippen LogP contribution in [0, 0.1) is 0 Å². The number of halogens is 2. The maximum Gasteiger partial charge on any atom is 0.322 e. The fourth-order valence-corrected chi connectivity index (χ4v) is 3.92. The van der Waals surface area contributed by atoms with E-state index < -0.39 is 17.5 Å². The van der Waals surface area contributed by atoms with Crippen LogP contribution >= 0.6 is 23.2 Å². The van der Waals surface area contributed by atoms with Crippen LogP contribution in [0.3, 0.4) is 0 Å². The number of phenolic OH excluding ortho intramolecular Hbond substituents is 1. The average molecular weight is 436 g/mol. The van der Waals surface area contributed by atoms with Crippen molar-refractivity contribution in [3.05, 3.63) is 52.1 Å². The molecule has 4 N–H and O–H groups in total. The third-order valence-electron chi connectivity index (χ3n) is 4.93. The summed E-state index contributed by atoms with van der Waals surface area (Å²) >= 11 is 12.1. The van der Waals surface area contributed by atoms with Gasteiger partial charge in [-0.25, -0.2) is 4.79 Å². The number of rotatable bonds is 4. The lowest BCUT2D eigenvalue weighted by Gasteiger charge is -2.28. The number of phenols is 1. The van der Waals surface area contributed by atoms with Gasteiger partial charge in [0.1, 0.15) is 5.75 Å². The zero-order valence-corrected chi connectivity index (χ0v) is 16.5. The average Bonchev–Trinajstić information content (AvgIpc) is 3.15. The van der Waals surface area contributed by atoms with Gasteiger partial charge in [-0.3, -0.25) is 10.1 Å². The molecule has 1 saturated heterocycles. The topological polar surface area (TPSA) is 113 Å². The van der Waals surface area contributed by atoms with Gasteiger partial charge < -0.3 is 24.8 Å². The predicted octanol–water partition coefficient (Wildman–Crippen LogP) is 3.10. The van der Waals surface area contributed by atoms with Crippen molar-refractivity contribution in [1.29, 1.82) is 0 Å². The second-order valence-corrected chi connectivity index (χ2v) is 7.45. The van der Waals surface area contributed by atoms with E-state index in [9.17, 15) is 19.8 Å². The Kier molecular flexibility index (Phi) is 4.48. The minimum atomic E-state index is -1.60. The highest BCUT2D eigenvalue weighted by atomic mass is 35.5. The van der Waals surface area contributed by atoms with Crippen molar-refractivity contribution in [3.63, 3.8) is 0 Å². The maximum atomic E-state index is 12.8. The first-order valence-electron chi connectivity index (χ1n) is 8.43. The summed E-state index contributed by atoms with van der Waals surface area (Å²) in [4.78, 5) is 24.8. The first-order valence-corrected chi connectivity index (χ1v) is 9.18. The molecule has 0 unspecified atom stereocenters. The molecule has 29 heavy (non-hydrogen) atoms. The molecular formula is C19H15Cl2N3O5. The number of urea groups is 1. The number of carbonyl (C=O) groups is 2. The molecule has 3 amide bonds. The van der Waals surface area contributed by atoms with E-state index in [0.717, 1.165) is 0 Å². The molecule has 0 spiro atoms. The molecular weight excluding hydrogens is 421 g/mol. The highest BCUT2D eigenvalue weighted by Crippen LogP contribution is 2.39. The van der Waals surface area contributed by atoms with E-state index in [1.165, 1.54) is 23.8 Å². The Morgan fingerprint density at radius 3 is 2.41 bits per heavy atom. The van der Waals surface area contributed by atoms with Gasteiger partial charge in [0, 0.05) is 17.0 Å². The molecule has 0 bridgehead atoms. The van der Waals surface area contributed by atoms with Gasteiger partial charge in [-0.05, 0) is 35.9 Å². The Hall–Kier alpha value is -3.10. The molecule has 150 valence electrons. The van der Waals surface area contributed by atoms with E-state index in [1.54, 1.807) is 24.4 Å². The zero-order valence-electron chi connectivity index (χ0n) is 15.0. The van der Waals surface area contributed by atoms with E-state index in [0.29, 0.717) is 16.5 Å². The number of imide groups is 1. The van der Waals surface area contributed by atoms with Crippen LogP contribution in [0.5, 0.6) is 17.4 Å². The van der Waals surface area contributed by atoms with Crippen LogP contribution in [0.15, 0.2) is 36.5 Å². The Morgan fingerprint density at radius 1 is 1.14 bits per heavy atom. The molecule has 0 radical (unpaired) electrons. The number of ether oxygens (including phenoxy) is 1. The molecule has 0 saturated carbocycles. The standard InChI is InChI=1S/C19H15Cl2N3O5/c1-29-11-3-2-9-7-24(16(26)12(9)6-11)8-19(17(27)22-18(28)23-19)10-4-13(20)15(25)14(21)5-10/h2-7,25-26H,8H2,1H3,(H2,22,23,27,28)/t19-/m0/s1. The van der Waals surface area contributed by atoms with Gasteiger partial charge in [0.2, 0.25) is 0 Å². The molecule has 3 aromatic rings. The van der Waals surface area contributed by atoms with Crippen molar-refractivity contribution in [3.8, 4) is 17.4 Å². The number of benzene rings is 2. The fraction of sp³-hybridized carbons (Fsp3) is 0.158. The zero-order chi connectivity index (χ0) is 20.9. The number of amides is 3. The van der Waals surface area contributed by atoms with E-state index in [-0.39, 0.29) is 33.8 Å². The second-order valence-electron chi connectivity index (χ2n) is 6.64. The van der Waals surface area contributed by atoms with E-state index in [1.807, 2.05) is 0 Å². The summed E-state index contributed by atoms with van der Waals surface area (Å²) in [5.41, 5.74) is -1.35. The third-order valence-corrected chi connectivity index (χ3v) is 5.50. The fourth-order valence-electron chi connectivity index (χ4n) is 3.44. The van der Waals surface area contributed by atoms with Gasteiger partial charge in [-0.1, -0.05) is 23.2 Å². The van der Waals surface area contributed by atoms with Crippen molar-refractivity contribution < 1.29 is 24.5 Å². The number of aromatic nitrogens is 1. The first-order chi connectivity index (χ1) is 13.7. The highest BCUT2D eigenvalue weighted by molar-refractivity contribution is 6.37. The quantitative estimate of drug-likeness (QED) is 0.470. The SMILES string of the molecule is COc1ccc2cn(C[C@@]3(c4cc(Cl)c(O)c(Cl)c4)NC(=O)NC3=O)c(O)c2c1. The van der Waals surface area contributed by atoms with Crippen LogP contribution in [0.25, 0.3) is 10.8 Å². The van der Waals surface area contributed by atoms with Gasteiger partial charge in [0.15, 0.2) is 17.2 Å². The molecule has 4 rings (SSSR count). The van der Waals surface area contributed by atoms with Gasteiger partial charge in [0.05, 0.1) is 23.7 Å². The van der Waals surface area contributed by atoms with Gasteiger partial charge in [-0.2, -0.15) is 0 Å². The summed E-state index contributed by atoms with van der Waals surface area (Å²) in [6.45, 7) is -0.148. The number of aromatic hydroxyl groups is 2. The Bertz CT molecular complexity index is 1150. The molecule has 10 heteroatoms. The van der Waals surface area contributed by atoms with Crippen LogP contribution in [0.4, 0.5) is 4.79 Å². The molecule has 1 fully saturated rings. The van der Waals surface area contributed by atoms with Crippen LogP contribution in [-0.4, -0.2) is 33.8 Å². The Morgan fingerprint density at radius 2 is 1.83 bits per heavy atom. The number of fused-ring (bicyclic) bond motifs is 1. The summed E-state index contributed by atoms with van der Waals surface area (Å²) in [6, 6.07) is 7.15. The Labute approximate surface area is 174 Å². The highest BCUT2D eigenvalue weighted by Gasteiger charge is 2.49. The number of nitrogens with one attached hydrogen (secondary N) is 2. The molecule has 1 aromatic heterocycles. The lowest BCUT2D eigenvalue weighted by Crippen LogP contribution is -2.47. The van der Waals surface area contributed by atoms with Crippen molar-refractivity contribution in [2.75, 3.05) is 7.11 Å². The maximum absolute atomic E-state index is 12.8. The molecule has 2 aromatic carbocycles. The number of methoxy groups -OCH3 is 1. The molecule has 1 aliphatic rings. The van der Waals surface area contributed by atoms with Gasteiger partial charge >= 0.3 is 6.03 Å². The number of nitrogens with zero attached hydrogens (tertiary/aromatic N) is 1. The van der Waals surface area contributed by atoms with Crippen molar-refractivity contribution in [2.24, 2.45) is 0 Å². The molecule has 8 nitrogen and oxygen atoms in total. The number of hydrogen-bond donors (Lipinski definition) is 4. The van der Waals surface area contributed by atoms with E-state index >= 15 is 0 Å². The van der Waals surface area contributed by atoms with Gasteiger partial charge in [0.25, 0.3) is 5.91 Å². The normalized spacial score (nSPS) is 18.7. The van der Waals surface area contributed by atoms with Crippen LogP contribution < -0.4 is 15.4 Å². The summed E-state index contributed by atoms with van der Waals surface area (Å²) in [5.74, 6) is -0.527. The smallest absolute Gasteiger partial charge is 0.322 e. The molecule has 2 heterocycles. The lowest BCUT2D eigenvalue weighted by molar-refractivity contribution is -0.124. The molecule has 1 aliphatic heterocycles. The molecule has 1 atom stereocenters. The van der Waals surface area contributed by atoms with Crippen LogP contribution in [-0.2, 0) is 16.9 Å². The lowest BCUT2D eigenvalue weighted by atomic mass is 9.89. The summed E-state index contributed by atoms with van der Waals surface area (Å²) < 4.78 is 6.62. The van der Waals surface area contributed by atoms with Crippen molar-refractivity contribution >= 4 is 45.9 Å². The minimum absolute atomic E-state index is 0.0764. The Balaban J connectivity index is 1.86. The molecule has 0 aliphatic carbocycles. The number of hydrogen-bond acceptors (Lipinski definition) is 5. The van der Waals surface area contributed by atoms with Crippen molar-refractivity contribution in [2.45, 2.75) is 12.1 Å². The van der Waals surface area contributed by atoms with E-state index in [4.69, 9.17) is 27.9 Å². The van der Waals surface area contributed by atoms with E-state index in [2.05, 4.69) is 10.6 Å². The van der Waals surface area contributed by atoms with Crippen LogP contribution in [0.2, 0.25) is 10.0 Å². The second kappa shape index (κ2) is 6.75. The third kappa shape index (κ3) is 3.01. The summed E-state index contributed by atoms with van der Waals surface area (Å²) in [7, 11) is 1.51. The van der Waals surface area contributed by atoms with Crippen LogP contribution in [0.1, 0.15) is 5.56 Å². The monoisotopic (exact) mass is 435 g/mol. The predicted molar refractivity (Wildman–Crippen MR) is 107 cm³/mol. The largest absolute Gasteiger partial charge is 0.505 e.